The highest BCUT2D eigenvalue weighted by Crippen LogP contribution is 2.23. The van der Waals surface area contributed by atoms with Gasteiger partial charge in [0.05, 0.1) is 12.8 Å². The van der Waals surface area contributed by atoms with E-state index < -0.39 is 4.92 Å². The summed E-state index contributed by atoms with van der Waals surface area (Å²) in [7, 11) is 6.16. The molecule has 19 heavy (non-hydrogen) atoms. The van der Waals surface area contributed by atoms with Crippen molar-refractivity contribution < 1.29 is 4.92 Å². The van der Waals surface area contributed by atoms with Crippen molar-refractivity contribution in [2.75, 3.05) is 0 Å². The molecule has 1 unspecified atom stereocenters. The molecule has 2 radical (unpaired) electrons. The van der Waals surface area contributed by atoms with E-state index in [9.17, 15) is 10.1 Å². The van der Waals surface area contributed by atoms with Crippen molar-refractivity contribution in [3.63, 3.8) is 0 Å². The predicted octanol–water partition coefficient (Wildman–Crippen LogP) is 3.42. The van der Waals surface area contributed by atoms with Crippen LogP contribution in [0.3, 0.4) is 0 Å². The molecule has 2 aromatic rings. The van der Waals surface area contributed by atoms with Crippen molar-refractivity contribution in [1.82, 2.24) is 0 Å². The van der Waals surface area contributed by atoms with E-state index in [0.717, 1.165) is 17.5 Å². The van der Waals surface area contributed by atoms with Crippen molar-refractivity contribution in [3.8, 4) is 0 Å². The number of hydrogen-bond acceptors (Lipinski definition) is 2. The van der Waals surface area contributed by atoms with Gasteiger partial charge >= 0.3 is 0 Å². The summed E-state index contributed by atoms with van der Waals surface area (Å²) >= 11 is 0. The van der Waals surface area contributed by atoms with Crippen LogP contribution in [-0.4, -0.2) is 12.8 Å². The minimum Gasteiger partial charge on any atom is -0.258 e. The number of rotatable bonds is 4. The summed E-state index contributed by atoms with van der Waals surface area (Å²) in [6.07, 6.45) is 0.993. The Morgan fingerprint density at radius 3 is 1.95 bits per heavy atom. The van der Waals surface area contributed by atoms with Gasteiger partial charge in [-0.3, -0.25) is 10.1 Å². The number of non-ortho nitro benzene ring substituents is 1. The van der Waals surface area contributed by atoms with E-state index in [4.69, 9.17) is 7.85 Å². The molecule has 0 N–H and O–H groups in total. The SMILES string of the molecule is [B]C(c1ccc(CC)cc1)c1ccc([N+](=O)[O-])cc1. The third-order valence-corrected chi connectivity index (χ3v) is 3.21. The minimum absolute atomic E-state index is 0.0808. The predicted molar refractivity (Wildman–Crippen MR) is 76.5 cm³/mol. The van der Waals surface area contributed by atoms with Crippen molar-refractivity contribution in [2.24, 2.45) is 0 Å². The minimum atomic E-state index is -0.411. The fourth-order valence-electron chi connectivity index (χ4n) is 1.96. The molecule has 0 amide bonds. The maximum absolute atomic E-state index is 10.6. The molecule has 0 aliphatic rings. The summed E-state index contributed by atoms with van der Waals surface area (Å²) in [6, 6.07) is 14.5. The highest BCUT2D eigenvalue weighted by atomic mass is 16.6. The van der Waals surface area contributed by atoms with Crippen LogP contribution in [0.1, 0.15) is 29.4 Å². The van der Waals surface area contributed by atoms with E-state index in [1.807, 2.05) is 12.1 Å². The fourth-order valence-corrected chi connectivity index (χ4v) is 1.96. The summed E-state index contributed by atoms with van der Waals surface area (Å²) in [6.45, 7) is 2.10. The number of nitro groups is 1. The Hall–Kier alpha value is -2.10. The second kappa shape index (κ2) is 5.70. The first-order valence-electron chi connectivity index (χ1n) is 6.20. The van der Waals surface area contributed by atoms with E-state index in [0.29, 0.717) is 0 Å². The lowest BCUT2D eigenvalue weighted by atomic mass is 9.76. The highest BCUT2D eigenvalue weighted by molar-refractivity contribution is 6.14. The third kappa shape index (κ3) is 3.02. The van der Waals surface area contributed by atoms with E-state index in [-0.39, 0.29) is 11.5 Å². The second-order valence-electron chi connectivity index (χ2n) is 4.42. The quantitative estimate of drug-likeness (QED) is 0.474. The number of benzene rings is 2. The van der Waals surface area contributed by atoms with Crippen LogP contribution in [0.15, 0.2) is 48.5 Å². The van der Waals surface area contributed by atoms with E-state index >= 15 is 0 Å². The smallest absolute Gasteiger partial charge is 0.258 e. The van der Waals surface area contributed by atoms with E-state index in [2.05, 4.69) is 19.1 Å². The standard InChI is InChI=1S/C15H14BNO2/c1-2-11-3-5-12(6-4-11)15(16)13-7-9-14(10-8-13)17(18)19/h3-10,15H,2H2,1H3. The largest absolute Gasteiger partial charge is 0.269 e. The molecule has 4 heteroatoms. The third-order valence-electron chi connectivity index (χ3n) is 3.21. The van der Waals surface area contributed by atoms with Crippen LogP contribution in [0, 0.1) is 10.1 Å². The normalized spacial score (nSPS) is 12.1. The van der Waals surface area contributed by atoms with Gasteiger partial charge in [0.25, 0.3) is 5.69 Å². The number of aryl methyl sites for hydroxylation is 1. The molecule has 0 saturated carbocycles. The molecule has 0 saturated heterocycles. The van der Waals surface area contributed by atoms with E-state index in [1.54, 1.807) is 12.1 Å². The lowest BCUT2D eigenvalue weighted by molar-refractivity contribution is -0.384. The number of nitro benzene ring substituents is 1. The van der Waals surface area contributed by atoms with Crippen LogP contribution in [0.25, 0.3) is 0 Å². The molecule has 0 spiro atoms. The van der Waals surface area contributed by atoms with Crippen LogP contribution in [0.2, 0.25) is 0 Å². The van der Waals surface area contributed by atoms with Gasteiger partial charge in [-0.25, -0.2) is 0 Å². The first-order valence-corrected chi connectivity index (χ1v) is 6.20. The molecule has 94 valence electrons. The molecule has 0 heterocycles. The monoisotopic (exact) mass is 251 g/mol. The zero-order valence-corrected chi connectivity index (χ0v) is 10.7. The lowest BCUT2D eigenvalue weighted by Crippen LogP contribution is -2.01. The Balaban J connectivity index is 2.22. The van der Waals surface area contributed by atoms with E-state index in [1.165, 1.54) is 17.7 Å². The summed E-state index contributed by atoms with van der Waals surface area (Å²) in [4.78, 5) is 10.2. The molecule has 0 aromatic heterocycles. The van der Waals surface area contributed by atoms with Crippen molar-refractivity contribution >= 4 is 13.5 Å². The molecule has 0 fully saturated rings. The Labute approximate surface area is 113 Å². The maximum atomic E-state index is 10.6. The van der Waals surface area contributed by atoms with Crippen LogP contribution in [0.4, 0.5) is 5.69 Å². The van der Waals surface area contributed by atoms with Crippen LogP contribution >= 0.6 is 0 Å². The summed E-state index contributed by atoms with van der Waals surface area (Å²) in [5.41, 5.74) is 3.22. The molecule has 2 aromatic carbocycles. The number of nitrogens with zero attached hydrogens (tertiary/aromatic N) is 1. The Bertz CT molecular complexity index is 564. The average molecular weight is 251 g/mol. The van der Waals surface area contributed by atoms with Gasteiger partial charge in [-0.2, -0.15) is 0 Å². The topological polar surface area (TPSA) is 43.1 Å². The highest BCUT2D eigenvalue weighted by Gasteiger charge is 2.10. The van der Waals surface area contributed by atoms with Gasteiger partial charge in [0.1, 0.15) is 0 Å². The van der Waals surface area contributed by atoms with Gasteiger partial charge in [-0.1, -0.05) is 43.3 Å². The Morgan fingerprint density at radius 1 is 1.05 bits per heavy atom. The zero-order chi connectivity index (χ0) is 13.8. The van der Waals surface area contributed by atoms with Crippen molar-refractivity contribution in [2.45, 2.75) is 19.2 Å². The molecule has 2 rings (SSSR count). The van der Waals surface area contributed by atoms with Gasteiger partial charge in [0, 0.05) is 12.1 Å². The van der Waals surface area contributed by atoms with Crippen molar-refractivity contribution in [3.05, 3.63) is 75.3 Å². The lowest BCUT2D eigenvalue weighted by Gasteiger charge is -2.13. The molecule has 3 nitrogen and oxygen atoms in total. The summed E-state index contributed by atoms with van der Waals surface area (Å²) in [5.74, 6) is -0.258. The van der Waals surface area contributed by atoms with Crippen LogP contribution in [-0.2, 0) is 6.42 Å². The second-order valence-corrected chi connectivity index (χ2v) is 4.42. The van der Waals surface area contributed by atoms with Crippen LogP contribution in [0.5, 0.6) is 0 Å². The van der Waals surface area contributed by atoms with Crippen LogP contribution < -0.4 is 0 Å². The fraction of sp³-hybridized carbons (Fsp3) is 0.200. The zero-order valence-electron chi connectivity index (χ0n) is 10.7. The summed E-state index contributed by atoms with van der Waals surface area (Å²) < 4.78 is 0. The first kappa shape index (κ1) is 13.3. The van der Waals surface area contributed by atoms with Gasteiger partial charge in [-0.05, 0) is 28.9 Å². The van der Waals surface area contributed by atoms with Crippen molar-refractivity contribution in [1.29, 1.82) is 0 Å². The molecule has 1 atom stereocenters. The molecular formula is C15H14BNO2. The Kier molecular flexibility index (Phi) is 4.00. The maximum Gasteiger partial charge on any atom is 0.269 e. The van der Waals surface area contributed by atoms with Gasteiger partial charge in [-0.15, -0.1) is 0 Å². The van der Waals surface area contributed by atoms with Gasteiger partial charge in [0.2, 0.25) is 0 Å². The molecule has 0 aliphatic heterocycles. The molecule has 0 aliphatic carbocycles. The summed E-state index contributed by atoms with van der Waals surface area (Å²) in [5, 5.41) is 10.6. The average Bonchev–Trinajstić information content (AvgIpc) is 2.46. The van der Waals surface area contributed by atoms with Gasteiger partial charge in [0.15, 0.2) is 0 Å². The molecular weight excluding hydrogens is 237 g/mol. The first-order chi connectivity index (χ1) is 9.11. The number of hydrogen-bond donors (Lipinski definition) is 0. The van der Waals surface area contributed by atoms with Gasteiger partial charge < -0.3 is 0 Å². The Morgan fingerprint density at radius 2 is 1.53 bits per heavy atom. The molecule has 0 bridgehead atoms.